The fourth-order valence-electron chi connectivity index (χ4n) is 1.53. The molecule has 0 aromatic carbocycles. The number of carbonyl (C=O) groups is 2. The molecule has 1 fully saturated rings. The molecule has 0 aliphatic carbocycles. The van der Waals surface area contributed by atoms with Gasteiger partial charge < -0.3 is 9.47 Å². The van der Waals surface area contributed by atoms with Crippen LogP contribution in [0.1, 0.15) is 6.92 Å². The lowest BCUT2D eigenvalue weighted by Gasteiger charge is -2.39. The molecule has 1 heterocycles. The molecule has 0 spiro atoms. The van der Waals surface area contributed by atoms with Crippen LogP contribution in [0.25, 0.3) is 0 Å². The third-order valence-corrected chi connectivity index (χ3v) is 4.66. The minimum Gasteiger partial charge on any atom is -0.463 e. The molecule has 2 atom stereocenters. The molecule has 80 valence electrons. The van der Waals surface area contributed by atoms with Gasteiger partial charge in [-0.2, -0.15) is 0 Å². The third-order valence-electron chi connectivity index (χ3n) is 2.25. The summed E-state index contributed by atoms with van der Waals surface area (Å²) in [6.07, 6.45) is -0.644. The average molecular weight is 216 g/mol. The molecular weight excluding hydrogens is 200 g/mol. The van der Waals surface area contributed by atoms with Gasteiger partial charge in [-0.25, -0.2) is 4.79 Å². The molecule has 0 amide bonds. The monoisotopic (exact) mass is 216 g/mol. The maximum absolute atomic E-state index is 11.4. The maximum Gasteiger partial charge on any atom is 0.348 e. The molecule has 0 bridgehead atoms. The minimum absolute atomic E-state index is 0.235. The van der Waals surface area contributed by atoms with Crippen LogP contribution < -0.4 is 0 Å². The highest BCUT2D eigenvalue weighted by atomic mass is 28.3. The van der Waals surface area contributed by atoms with E-state index in [9.17, 15) is 9.59 Å². The number of rotatable bonds is 3. The summed E-state index contributed by atoms with van der Waals surface area (Å²) in [6, 6.07) is 0. The zero-order valence-electron chi connectivity index (χ0n) is 8.99. The van der Waals surface area contributed by atoms with Crippen molar-refractivity contribution in [3.63, 3.8) is 0 Å². The number of carbonyl (C=O) groups excluding carboxylic acids is 2. The molecule has 0 aromatic rings. The van der Waals surface area contributed by atoms with E-state index in [1.807, 2.05) is 19.6 Å². The second kappa shape index (κ2) is 3.72. The van der Waals surface area contributed by atoms with Gasteiger partial charge in [-0.3, -0.25) is 4.79 Å². The summed E-state index contributed by atoms with van der Waals surface area (Å²) in [4.78, 5) is 22.6. The summed E-state index contributed by atoms with van der Waals surface area (Å²) in [5, 5.41) is 0. The minimum atomic E-state index is -1.67. The summed E-state index contributed by atoms with van der Waals surface area (Å²) in [6.45, 7) is 8.20. The first-order chi connectivity index (χ1) is 6.38. The van der Waals surface area contributed by atoms with Crippen LogP contribution in [0.3, 0.4) is 0 Å². The van der Waals surface area contributed by atoms with Gasteiger partial charge in [0.25, 0.3) is 0 Å². The van der Waals surface area contributed by atoms with Crippen LogP contribution in [0, 0.1) is 0 Å². The third kappa shape index (κ3) is 1.97. The van der Waals surface area contributed by atoms with Gasteiger partial charge in [-0.1, -0.05) is 19.6 Å². The predicted molar refractivity (Wildman–Crippen MR) is 53.6 cm³/mol. The van der Waals surface area contributed by atoms with Crippen LogP contribution >= 0.6 is 0 Å². The molecule has 0 saturated carbocycles. The average Bonchev–Trinajstić information content (AvgIpc) is 1.96. The zero-order valence-corrected chi connectivity index (χ0v) is 9.99. The second-order valence-corrected chi connectivity index (χ2v) is 9.81. The fraction of sp³-hybridized carbons (Fsp3) is 0.778. The van der Waals surface area contributed by atoms with Crippen LogP contribution in [-0.2, 0) is 19.1 Å². The van der Waals surface area contributed by atoms with E-state index in [0.717, 1.165) is 0 Å². The number of cyclic esters (lactones) is 1. The van der Waals surface area contributed by atoms with Crippen LogP contribution in [-0.4, -0.2) is 32.7 Å². The van der Waals surface area contributed by atoms with Gasteiger partial charge in [-0.05, 0) is 6.92 Å². The Balaban J connectivity index is 2.66. The zero-order chi connectivity index (χ0) is 10.9. The van der Waals surface area contributed by atoms with Crippen LogP contribution in [0.15, 0.2) is 0 Å². The molecule has 1 rings (SSSR count). The Bertz CT molecular complexity index is 256. The van der Waals surface area contributed by atoms with Gasteiger partial charge in [-0.15, -0.1) is 0 Å². The van der Waals surface area contributed by atoms with Crippen molar-refractivity contribution < 1.29 is 19.1 Å². The quantitative estimate of drug-likeness (QED) is 0.525. The number of esters is 2. The van der Waals surface area contributed by atoms with E-state index in [-0.39, 0.29) is 11.5 Å². The van der Waals surface area contributed by atoms with Gasteiger partial charge in [0.05, 0.1) is 20.2 Å². The smallest absolute Gasteiger partial charge is 0.348 e. The predicted octanol–water partition coefficient (Wildman–Crippen LogP) is 1.18. The van der Waals surface area contributed by atoms with Gasteiger partial charge in [0.15, 0.2) is 0 Å². The van der Waals surface area contributed by atoms with Crippen molar-refractivity contribution >= 4 is 20.0 Å². The van der Waals surface area contributed by atoms with Crippen molar-refractivity contribution in [3.8, 4) is 0 Å². The number of hydrogen-bond donors (Lipinski definition) is 0. The summed E-state index contributed by atoms with van der Waals surface area (Å²) in [5.41, 5.74) is -0.235. The van der Waals surface area contributed by atoms with Crippen molar-refractivity contribution in [2.75, 3.05) is 6.61 Å². The summed E-state index contributed by atoms with van der Waals surface area (Å²) in [7, 11) is -1.67. The Kier molecular flexibility index (Phi) is 2.99. The van der Waals surface area contributed by atoms with Gasteiger partial charge in [0.1, 0.15) is 0 Å². The number of hydrogen-bond acceptors (Lipinski definition) is 4. The van der Waals surface area contributed by atoms with Crippen molar-refractivity contribution in [1.82, 2.24) is 0 Å². The van der Waals surface area contributed by atoms with Gasteiger partial charge >= 0.3 is 11.9 Å². The molecule has 0 radical (unpaired) electrons. The Morgan fingerprint density at radius 2 is 2.07 bits per heavy atom. The highest BCUT2D eigenvalue weighted by molar-refractivity contribution is 6.81. The number of ether oxygens (including phenoxy) is 2. The topological polar surface area (TPSA) is 52.6 Å². The lowest BCUT2D eigenvalue weighted by molar-refractivity contribution is -0.185. The molecule has 0 aromatic heterocycles. The Labute approximate surface area is 84.6 Å². The van der Waals surface area contributed by atoms with E-state index in [1.165, 1.54) is 0 Å². The molecule has 4 nitrogen and oxygen atoms in total. The standard InChI is InChI=1S/C9H16O4Si/c1-5-12-8(10)6-7(9(11)13-6)14(2,3)4/h6-7H,5H2,1-4H3/t6-,7+/m0/s1. The van der Waals surface area contributed by atoms with E-state index in [2.05, 4.69) is 0 Å². The van der Waals surface area contributed by atoms with Crippen molar-refractivity contribution in [3.05, 3.63) is 0 Å². The molecule has 1 saturated heterocycles. The van der Waals surface area contributed by atoms with Crippen molar-refractivity contribution in [1.29, 1.82) is 0 Å². The SMILES string of the molecule is CCOC(=O)[C@H]1OC(=O)[C@@H]1[Si](C)(C)C. The second-order valence-electron chi connectivity index (χ2n) is 4.45. The van der Waals surface area contributed by atoms with E-state index in [4.69, 9.17) is 9.47 Å². The van der Waals surface area contributed by atoms with E-state index < -0.39 is 20.1 Å². The van der Waals surface area contributed by atoms with Crippen LogP contribution in [0.5, 0.6) is 0 Å². The van der Waals surface area contributed by atoms with Crippen LogP contribution in [0.4, 0.5) is 0 Å². The molecule has 0 N–H and O–H groups in total. The normalized spacial score (nSPS) is 26.4. The summed E-state index contributed by atoms with van der Waals surface area (Å²) >= 11 is 0. The highest BCUT2D eigenvalue weighted by Crippen LogP contribution is 2.37. The molecule has 1 aliphatic rings. The van der Waals surface area contributed by atoms with Gasteiger partial charge in [0, 0.05) is 0 Å². The largest absolute Gasteiger partial charge is 0.463 e. The van der Waals surface area contributed by atoms with Gasteiger partial charge in [0.2, 0.25) is 6.10 Å². The Morgan fingerprint density at radius 3 is 2.43 bits per heavy atom. The van der Waals surface area contributed by atoms with Crippen LogP contribution in [0.2, 0.25) is 25.2 Å². The Morgan fingerprint density at radius 1 is 1.50 bits per heavy atom. The molecule has 0 unspecified atom stereocenters. The van der Waals surface area contributed by atoms with E-state index in [0.29, 0.717) is 6.61 Å². The summed E-state index contributed by atoms with van der Waals surface area (Å²) in [5.74, 6) is -0.651. The molecule has 1 aliphatic heterocycles. The maximum atomic E-state index is 11.4. The Hall–Kier alpha value is -0.843. The van der Waals surface area contributed by atoms with E-state index in [1.54, 1.807) is 6.92 Å². The molecule has 5 heteroatoms. The van der Waals surface area contributed by atoms with Crippen molar-refractivity contribution in [2.24, 2.45) is 0 Å². The highest BCUT2D eigenvalue weighted by Gasteiger charge is 2.54. The molecular formula is C9H16O4Si. The van der Waals surface area contributed by atoms with E-state index >= 15 is 0 Å². The lowest BCUT2D eigenvalue weighted by atomic mass is 10.2. The summed E-state index contributed by atoms with van der Waals surface area (Å²) < 4.78 is 9.64. The first-order valence-corrected chi connectivity index (χ1v) is 8.32. The molecule has 14 heavy (non-hydrogen) atoms. The van der Waals surface area contributed by atoms with Crippen molar-refractivity contribution in [2.45, 2.75) is 38.2 Å². The lowest BCUT2D eigenvalue weighted by Crippen LogP contribution is -2.56. The fourth-order valence-corrected chi connectivity index (χ4v) is 3.42. The first kappa shape index (κ1) is 11.2. The first-order valence-electron chi connectivity index (χ1n) is 4.75.